The normalized spacial score (nSPS) is 19.4. The number of hydrogen-bond acceptors (Lipinski definition) is 2. The standard InChI is InChI=1S/C24H27N3O/c1-17-9-11-18(12-10-17)20-15-27(16-23(20)26(2)3)24(28)22-14-13-21(25-22)19-7-5-4-6-8-19/h4-14,20,23,25H,15-16H2,1-3H3. The van der Waals surface area contributed by atoms with Crippen molar-refractivity contribution in [2.75, 3.05) is 27.2 Å². The number of aryl methyl sites for hydroxylation is 1. The van der Waals surface area contributed by atoms with Crippen LogP contribution in [-0.2, 0) is 0 Å². The van der Waals surface area contributed by atoms with E-state index in [-0.39, 0.29) is 5.91 Å². The highest BCUT2D eigenvalue weighted by atomic mass is 16.2. The molecule has 28 heavy (non-hydrogen) atoms. The van der Waals surface area contributed by atoms with Gasteiger partial charge in [0.15, 0.2) is 0 Å². The van der Waals surface area contributed by atoms with E-state index in [1.807, 2.05) is 47.4 Å². The minimum atomic E-state index is 0.0728. The molecule has 0 bridgehead atoms. The van der Waals surface area contributed by atoms with Gasteiger partial charge in [0.1, 0.15) is 5.69 Å². The van der Waals surface area contributed by atoms with Gasteiger partial charge in [-0.15, -0.1) is 0 Å². The van der Waals surface area contributed by atoms with Gasteiger partial charge in [-0.1, -0.05) is 60.2 Å². The molecule has 2 heterocycles. The number of carbonyl (C=O) groups excluding carboxylic acids is 1. The van der Waals surface area contributed by atoms with Crippen molar-refractivity contribution in [2.45, 2.75) is 18.9 Å². The molecule has 3 aromatic rings. The molecule has 1 aliphatic heterocycles. The molecule has 1 saturated heterocycles. The van der Waals surface area contributed by atoms with Gasteiger partial charge in [-0.2, -0.15) is 0 Å². The number of hydrogen-bond donors (Lipinski definition) is 1. The van der Waals surface area contributed by atoms with Crippen LogP contribution in [0.1, 0.15) is 27.5 Å². The third-order valence-corrected chi connectivity index (χ3v) is 5.75. The van der Waals surface area contributed by atoms with Crippen molar-refractivity contribution < 1.29 is 4.79 Å². The van der Waals surface area contributed by atoms with E-state index in [4.69, 9.17) is 0 Å². The Bertz CT molecular complexity index is 943. The van der Waals surface area contributed by atoms with Crippen molar-refractivity contribution in [2.24, 2.45) is 0 Å². The third kappa shape index (κ3) is 3.60. The molecule has 0 radical (unpaired) electrons. The van der Waals surface area contributed by atoms with Crippen LogP contribution < -0.4 is 0 Å². The maximum atomic E-state index is 13.2. The summed E-state index contributed by atoms with van der Waals surface area (Å²) in [5.74, 6) is 0.395. The molecule has 4 heteroatoms. The number of H-pyrrole nitrogens is 1. The molecular formula is C24H27N3O. The van der Waals surface area contributed by atoms with Crippen LogP contribution in [0, 0.1) is 6.92 Å². The number of carbonyl (C=O) groups is 1. The van der Waals surface area contributed by atoms with Crippen LogP contribution in [-0.4, -0.2) is 53.9 Å². The lowest BCUT2D eigenvalue weighted by Gasteiger charge is -2.25. The van der Waals surface area contributed by atoms with Gasteiger partial charge in [0.25, 0.3) is 5.91 Å². The Balaban J connectivity index is 1.55. The summed E-state index contributed by atoms with van der Waals surface area (Å²) in [4.78, 5) is 20.7. The van der Waals surface area contributed by atoms with E-state index in [0.29, 0.717) is 17.7 Å². The molecule has 4 nitrogen and oxygen atoms in total. The molecule has 1 N–H and O–H groups in total. The number of benzene rings is 2. The predicted octanol–water partition coefficient (Wildman–Crippen LogP) is 4.16. The molecule has 1 amide bonds. The number of amides is 1. The van der Waals surface area contributed by atoms with Gasteiger partial charge < -0.3 is 14.8 Å². The fraction of sp³-hybridized carbons (Fsp3) is 0.292. The number of rotatable bonds is 4. The summed E-state index contributed by atoms with van der Waals surface area (Å²) < 4.78 is 0. The molecule has 2 aromatic carbocycles. The van der Waals surface area contributed by atoms with E-state index in [0.717, 1.165) is 24.3 Å². The number of aromatic amines is 1. The summed E-state index contributed by atoms with van der Waals surface area (Å²) in [7, 11) is 4.20. The van der Waals surface area contributed by atoms with Crippen molar-refractivity contribution in [1.29, 1.82) is 0 Å². The van der Waals surface area contributed by atoms with Gasteiger partial charge in [-0.25, -0.2) is 0 Å². The smallest absolute Gasteiger partial charge is 0.270 e. The Hall–Kier alpha value is -2.85. The lowest BCUT2D eigenvalue weighted by atomic mass is 9.93. The van der Waals surface area contributed by atoms with Crippen LogP contribution in [0.25, 0.3) is 11.3 Å². The zero-order valence-electron chi connectivity index (χ0n) is 16.7. The summed E-state index contributed by atoms with van der Waals surface area (Å²) in [6.07, 6.45) is 0. The second-order valence-electron chi connectivity index (χ2n) is 7.91. The zero-order chi connectivity index (χ0) is 19.7. The molecule has 1 fully saturated rings. The fourth-order valence-corrected chi connectivity index (χ4v) is 4.09. The maximum absolute atomic E-state index is 13.2. The van der Waals surface area contributed by atoms with Crippen molar-refractivity contribution >= 4 is 5.91 Å². The van der Waals surface area contributed by atoms with Gasteiger partial charge in [0, 0.05) is 30.7 Å². The third-order valence-electron chi connectivity index (χ3n) is 5.75. The Morgan fingerprint density at radius 2 is 1.68 bits per heavy atom. The number of nitrogens with zero attached hydrogens (tertiary/aromatic N) is 2. The van der Waals surface area contributed by atoms with E-state index < -0.39 is 0 Å². The van der Waals surface area contributed by atoms with E-state index in [9.17, 15) is 4.79 Å². The van der Waals surface area contributed by atoms with Crippen molar-refractivity contribution in [3.8, 4) is 11.3 Å². The van der Waals surface area contributed by atoms with E-state index in [1.165, 1.54) is 11.1 Å². The molecule has 2 unspecified atom stereocenters. The summed E-state index contributed by atoms with van der Waals surface area (Å²) in [5.41, 5.74) is 5.28. The second kappa shape index (κ2) is 7.64. The first-order valence-electron chi connectivity index (χ1n) is 9.79. The summed E-state index contributed by atoms with van der Waals surface area (Å²) in [6.45, 7) is 3.59. The number of aromatic nitrogens is 1. The van der Waals surface area contributed by atoms with Crippen LogP contribution >= 0.6 is 0 Å². The maximum Gasteiger partial charge on any atom is 0.270 e. The molecule has 0 aliphatic carbocycles. The summed E-state index contributed by atoms with van der Waals surface area (Å²) in [6, 6.07) is 23.0. The molecule has 1 aliphatic rings. The number of likely N-dealkylation sites (tertiary alicyclic amines) is 1. The van der Waals surface area contributed by atoms with E-state index in [1.54, 1.807) is 0 Å². The Labute approximate surface area is 166 Å². The minimum absolute atomic E-state index is 0.0728. The molecule has 0 saturated carbocycles. The lowest BCUT2D eigenvalue weighted by Crippen LogP contribution is -2.35. The van der Waals surface area contributed by atoms with Crippen LogP contribution in [0.4, 0.5) is 0 Å². The summed E-state index contributed by atoms with van der Waals surface area (Å²) in [5, 5.41) is 0. The van der Waals surface area contributed by atoms with Gasteiger partial charge in [-0.05, 0) is 44.3 Å². The monoisotopic (exact) mass is 373 g/mol. The Morgan fingerprint density at radius 3 is 2.36 bits per heavy atom. The van der Waals surface area contributed by atoms with E-state index >= 15 is 0 Å². The van der Waals surface area contributed by atoms with Crippen LogP contribution in [0.3, 0.4) is 0 Å². The molecule has 1 aromatic heterocycles. The van der Waals surface area contributed by atoms with Crippen LogP contribution in [0.2, 0.25) is 0 Å². The van der Waals surface area contributed by atoms with Gasteiger partial charge in [-0.3, -0.25) is 4.79 Å². The first kappa shape index (κ1) is 18.5. The predicted molar refractivity (Wildman–Crippen MR) is 114 cm³/mol. The molecule has 0 spiro atoms. The minimum Gasteiger partial charge on any atom is -0.351 e. The molecule has 4 rings (SSSR count). The van der Waals surface area contributed by atoms with Crippen LogP contribution in [0.15, 0.2) is 66.7 Å². The van der Waals surface area contributed by atoms with Gasteiger partial charge >= 0.3 is 0 Å². The quantitative estimate of drug-likeness (QED) is 0.746. The Morgan fingerprint density at radius 1 is 0.964 bits per heavy atom. The SMILES string of the molecule is Cc1ccc(C2CN(C(=O)c3ccc(-c4ccccc4)[nH]3)CC2N(C)C)cc1. The number of nitrogens with one attached hydrogen (secondary N) is 1. The molecule has 144 valence electrons. The van der Waals surface area contributed by atoms with Crippen molar-refractivity contribution in [3.63, 3.8) is 0 Å². The molecule has 2 atom stereocenters. The zero-order valence-corrected chi connectivity index (χ0v) is 16.7. The van der Waals surface area contributed by atoms with E-state index in [2.05, 4.69) is 55.2 Å². The largest absolute Gasteiger partial charge is 0.351 e. The highest BCUT2D eigenvalue weighted by Crippen LogP contribution is 2.31. The topological polar surface area (TPSA) is 39.3 Å². The summed E-state index contributed by atoms with van der Waals surface area (Å²) >= 11 is 0. The fourth-order valence-electron chi connectivity index (χ4n) is 4.09. The number of likely N-dealkylation sites (N-methyl/N-ethyl adjacent to an activating group) is 1. The molecular weight excluding hydrogens is 346 g/mol. The first-order chi connectivity index (χ1) is 13.5. The average molecular weight is 374 g/mol. The lowest BCUT2D eigenvalue weighted by molar-refractivity contribution is 0.0777. The second-order valence-corrected chi connectivity index (χ2v) is 7.91. The van der Waals surface area contributed by atoms with Gasteiger partial charge in [0.05, 0.1) is 0 Å². The Kier molecular flexibility index (Phi) is 5.05. The highest BCUT2D eigenvalue weighted by molar-refractivity contribution is 5.93. The van der Waals surface area contributed by atoms with Crippen molar-refractivity contribution in [1.82, 2.24) is 14.8 Å². The average Bonchev–Trinajstić information content (AvgIpc) is 3.37. The first-order valence-corrected chi connectivity index (χ1v) is 9.79. The van der Waals surface area contributed by atoms with Crippen LogP contribution in [0.5, 0.6) is 0 Å². The van der Waals surface area contributed by atoms with Gasteiger partial charge in [0.2, 0.25) is 0 Å². The highest BCUT2D eigenvalue weighted by Gasteiger charge is 2.37. The van der Waals surface area contributed by atoms with Crippen molar-refractivity contribution in [3.05, 3.63) is 83.6 Å².